The molecule has 0 bridgehead atoms. The molecule has 0 spiro atoms. The van der Waals surface area contributed by atoms with E-state index in [1.165, 1.54) is 5.56 Å². The first kappa shape index (κ1) is 18.0. The Bertz CT molecular complexity index is 1090. The van der Waals surface area contributed by atoms with Crippen molar-refractivity contribution in [3.63, 3.8) is 0 Å². The molecule has 4 nitrogen and oxygen atoms in total. The van der Waals surface area contributed by atoms with Crippen molar-refractivity contribution >= 4 is 16.8 Å². The van der Waals surface area contributed by atoms with E-state index in [-0.39, 0.29) is 11.8 Å². The van der Waals surface area contributed by atoms with Crippen LogP contribution < -0.4 is 5.32 Å². The molecular formula is C24H23N3O. The summed E-state index contributed by atoms with van der Waals surface area (Å²) in [4.78, 5) is 20.2. The Kier molecular flexibility index (Phi) is 5.20. The maximum atomic E-state index is 12.8. The first-order chi connectivity index (χ1) is 13.7. The van der Waals surface area contributed by atoms with E-state index in [1.807, 2.05) is 30.5 Å². The van der Waals surface area contributed by atoms with E-state index >= 15 is 0 Å². The maximum Gasteiger partial charge on any atom is 0.221 e. The average Bonchev–Trinajstić information content (AvgIpc) is 3.15. The van der Waals surface area contributed by atoms with E-state index in [9.17, 15) is 4.79 Å². The molecule has 2 N–H and O–H groups in total. The van der Waals surface area contributed by atoms with Crippen LogP contribution in [0, 0.1) is 6.92 Å². The number of benzene rings is 2. The number of rotatable bonds is 6. The van der Waals surface area contributed by atoms with Crippen molar-refractivity contribution in [2.24, 2.45) is 0 Å². The third-order valence-electron chi connectivity index (χ3n) is 5.04. The third kappa shape index (κ3) is 3.96. The van der Waals surface area contributed by atoms with Gasteiger partial charge in [0.1, 0.15) is 0 Å². The zero-order valence-corrected chi connectivity index (χ0v) is 15.9. The Hall–Kier alpha value is -3.40. The molecule has 0 saturated carbocycles. The Morgan fingerprint density at radius 1 is 1.11 bits per heavy atom. The maximum absolute atomic E-state index is 12.8. The molecule has 2 heterocycles. The lowest BCUT2D eigenvalue weighted by atomic mass is 9.87. The van der Waals surface area contributed by atoms with Crippen molar-refractivity contribution in [2.45, 2.75) is 25.8 Å². The highest BCUT2D eigenvalue weighted by molar-refractivity contribution is 5.86. The molecule has 4 heteroatoms. The normalized spacial score (nSPS) is 12.0. The second kappa shape index (κ2) is 8.09. The molecule has 2 aromatic carbocycles. The van der Waals surface area contributed by atoms with Crippen molar-refractivity contribution in [2.75, 3.05) is 0 Å². The van der Waals surface area contributed by atoms with Crippen LogP contribution in [0.2, 0.25) is 0 Å². The molecule has 4 aromatic rings. The smallest absolute Gasteiger partial charge is 0.221 e. The Morgan fingerprint density at radius 2 is 2.00 bits per heavy atom. The molecule has 1 unspecified atom stereocenters. The molecular weight excluding hydrogens is 346 g/mol. The lowest BCUT2D eigenvalue weighted by molar-refractivity contribution is -0.121. The predicted octanol–water partition coefficient (Wildman–Crippen LogP) is 4.71. The number of hydrogen-bond donors (Lipinski definition) is 2. The summed E-state index contributed by atoms with van der Waals surface area (Å²) in [6.07, 6.45) is 5.94. The topological polar surface area (TPSA) is 57.8 Å². The van der Waals surface area contributed by atoms with Gasteiger partial charge < -0.3 is 10.3 Å². The van der Waals surface area contributed by atoms with Crippen LogP contribution in [0.1, 0.15) is 34.6 Å². The number of carbonyl (C=O) groups is 1. The molecule has 2 aromatic heterocycles. The Morgan fingerprint density at radius 3 is 2.82 bits per heavy atom. The largest absolute Gasteiger partial charge is 0.361 e. The number of nitrogens with zero attached hydrogens (tertiary/aromatic N) is 1. The van der Waals surface area contributed by atoms with E-state index in [1.54, 1.807) is 12.4 Å². The standard InChI is InChI=1S/C24H23N3O/c1-17-6-4-8-19(12-17)21(22-16-26-23-10-3-2-9-20(22)23)13-24(28)27-15-18-7-5-11-25-14-18/h2-12,14,16,21,26H,13,15H2,1H3,(H,27,28). The van der Waals surface area contributed by atoms with Crippen molar-refractivity contribution in [3.8, 4) is 0 Å². The number of fused-ring (bicyclic) bond motifs is 1. The quantitative estimate of drug-likeness (QED) is 0.517. The van der Waals surface area contributed by atoms with E-state index in [0.717, 1.165) is 27.6 Å². The summed E-state index contributed by atoms with van der Waals surface area (Å²) in [6, 6.07) is 20.5. The lowest BCUT2D eigenvalue weighted by Gasteiger charge is -2.18. The molecule has 140 valence electrons. The summed E-state index contributed by atoms with van der Waals surface area (Å²) in [7, 11) is 0. The minimum Gasteiger partial charge on any atom is -0.361 e. The summed E-state index contributed by atoms with van der Waals surface area (Å²) >= 11 is 0. The van der Waals surface area contributed by atoms with Crippen LogP contribution >= 0.6 is 0 Å². The number of aromatic amines is 1. The van der Waals surface area contributed by atoms with Crippen molar-refractivity contribution in [3.05, 3.63) is 102 Å². The Balaban J connectivity index is 1.61. The van der Waals surface area contributed by atoms with Gasteiger partial charge in [0.15, 0.2) is 0 Å². The zero-order valence-electron chi connectivity index (χ0n) is 15.9. The summed E-state index contributed by atoms with van der Waals surface area (Å²) in [5.74, 6) is 0.0191. The molecule has 0 radical (unpaired) electrons. The van der Waals surface area contributed by atoms with Crippen LogP contribution in [0.15, 0.2) is 79.3 Å². The monoisotopic (exact) mass is 369 g/mol. The second-order valence-corrected chi connectivity index (χ2v) is 7.10. The van der Waals surface area contributed by atoms with E-state index in [2.05, 4.69) is 58.6 Å². The fourth-order valence-electron chi connectivity index (χ4n) is 3.64. The predicted molar refractivity (Wildman–Crippen MR) is 112 cm³/mol. The molecule has 0 aliphatic rings. The SMILES string of the molecule is Cc1cccc(C(CC(=O)NCc2cccnc2)c2c[nH]c3ccccc23)c1. The van der Waals surface area contributed by atoms with Crippen molar-refractivity contribution in [1.29, 1.82) is 0 Å². The molecule has 0 fully saturated rings. The summed E-state index contributed by atoms with van der Waals surface area (Å²) < 4.78 is 0. The van der Waals surface area contributed by atoms with Gasteiger partial charge >= 0.3 is 0 Å². The van der Waals surface area contributed by atoms with Gasteiger partial charge in [-0.1, -0.05) is 54.1 Å². The molecule has 0 saturated heterocycles. The average molecular weight is 369 g/mol. The van der Waals surface area contributed by atoms with Crippen LogP contribution in [0.5, 0.6) is 0 Å². The van der Waals surface area contributed by atoms with Gasteiger partial charge in [-0.3, -0.25) is 9.78 Å². The molecule has 1 amide bonds. The highest BCUT2D eigenvalue weighted by Crippen LogP contribution is 2.33. The molecule has 0 aliphatic carbocycles. The fraction of sp³-hybridized carbons (Fsp3) is 0.167. The fourth-order valence-corrected chi connectivity index (χ4v) is 3.64. The van der Waals surface area contributed by atoms with Gasteiger partial charge in [-0.15, -0.1) is 0 Å². The van der Waals surface area contributed by atoms with Crippen LogP contribution in [-0.2, 0) is 11.3 Å². The van der Waals surface area contributed by atoms with Crippen LogP contribution in [0.25, 0.3) is 10.9 Å². The second-order valence-electron chi connectivity index (χ2n) is 7.10. The van der Waals surface area contributed by atoms with Gasteiger partial charge in [0.25, 0.3) is 0 Å². The highest BCUT2D eigenvalue weighted by Gasteiger charge is 2.21. The Labute approximate surface area is 164 Å². The summed E-state index contributed by atoms with van der Waals surface area (Å²) in [6.45, 7) is 2.57. The van der Waals surface area contributed by atoms with Gasteiger partial charge in [-0.25, -0.2) is 0 Å². The molecule has 28 heavy (non-hydrogen) atoms. The number of carbonyl (C=O) groups excluding carboxylic acids is 1. The number of aryl methyl sites for hydroxylation is 1. The van der Waals surface area contributed by atoms with Gasteiger partial charge in [-0.2, -0.15) is 0 Å². The number of pyridine rings is 1. The number of nitrogens with one attached hydrogen (secondary N) is 2. The number of hydrogen-bond acceptors (Lipinski definition) is 2. The van der Waals surface area contributed by atoms with Gasteiger partial charge in [0.2, 0.25) is 5.91 Å². The van der Waals surface area contributed by atoms with E-state index in [4.69, 9.17) is 0 Å². The number of amides is 1. The first-order valence-corrected chi connectivity index (χ1v) is 9.49. The van der Waals surface area contributed by atoms with Gasteiger partial charge in [0, 0.05) is 48.4 Å². The third-order valence-corrected chi connectivity index (χ3v) is 5.04. The zero-order chi connectivity index (χ0) is 19.3. The number of H-pyrrole nitrogens is 1. The summed E-state index contributed by atoms with van der Waals surface area (Å²) in [5.41, 5.74) is 5.58. The summed E-state index contributed by atoms with van der Waals surface area (Å²) in [5, 5.41) is 4.20. The number of para-hydroxylation sites is 1. The van der Waals surface area contributed by atoms with Crippen LogP contribution in [-0.4, -0.2) is 15.9 Å². The molecule has 4 rings (SSSR count). The van der Waals surface area contributed by atoms with Crippen molar-refractivity contribution in [1.82, 2.24) is 15.3 Å². The van der Waals surface area contributed by atoms with Crippen LogP contribution in [0.4, 0.5) is 0 Å². The highest BCUT2D eigenvalue weighted by atomic mass is 16.1. The van der Waals surface area contributed by atoms with E-state index < -0.39 is 0 Å². The molecule has 0 aliphatic heterocycles. The van der Waals surface area contributed by atoms with Crippen molar-refractivity contribution < 1.29 is 4.79 Å². The van der Waals surface area contributed by atoms with Gasteiger partial charge in [0.05, 0.1) is 0 Å². The van der Waals surface area contributed by atoms with Gasteiger partial charge in [-0.05, 0) is 35.7 Å². The lowest BCUT2D eigenvalue weighted by Crippen LogP contribution is -2.25. The van der Waals surface area contributed by atoms with Crippen LogP contribution in [0.3, 0.4) is 0 Å². The number of aromatic nitrogens is 2. The molecule has 1 atom stereocenters. The van der Waals surface area contributed by atoms with E-state index in [0.29, 0.717) is 13.0 Å². The minimum absolute atomic E-state index is 0.00931. The minimum atomic E-state index is -0.00931. The first-order valence-electron chi connectivity index (χ1n) is 9.49.